The lowest BCUT2D eigenvalue weighted by atomic mass is 9.72. The smallest absolute Gasteiger partial charge is 0.341 e. The third-order valence-corrected chi connectivity index (χ3v) is 6.20. The zero-order valence-electron chi connectivity index (χ0n) is 15.6. The number of nitrogens with zero attached hydrogens (tertiary/aromatic N) is 1. The van der Waals surface area contributed by atoms with E-state index < -0.39 is 5.97 Å². The molecule has 0 aliphatic heterocycles. The van der Waals surface area contributed by atoms with Crippen LogP contribution in [-0.2, 0) is 17.6 Å². The molecule has 1 N–H and O–H groups in total. The van der Waals surface area contributed by atoms with Gasteiger partial charge in [-0.25, -0.2) is 4.79 Å². The number of hydrogen-bond acceptors (Lipinski definition) is 5. The molecule has 6 heteroatoms. The Hall–Kier alpha value is -2.21. The molecule has 5 nitrogen and oxygen atoms in total. The number of aromatic nitrogens is 1. The summed E-state index contributed by atoms with van der Waals surface area (Å²) in [6.45, 7) is 6.76. The van der Waals surface area contributed by atoms with E-state index in [0.29, 0.717) is 22.0 Å². The number of hydrogen-bond donors (Lipinski definition) is 1. The number of anilines is 1. The standard InChI is InChI=1S/C20H24N2O3S/c1-20(2,3)13-7-8-14-15(10-13)26-18(16(14)19(24)25-4)22-17(23)12-6-5-9-21-11-12/h5-6,9,11,13H,7-8,10H2,1-4H3,(H,22,23)/t13-/m0/s1. The van der Waals surface area contributed by atoms with E-state index in [4.69, 9.17) is 4.74 Å². The van der Waals surface area contributed by atoms with Gasteiger partial charge in [0.25, 0.3) is 5.91 Å². The Morgan fingerprint density at radius 2 is 2.12 bits per heavy atom. The molecule has 0 spiro atoms. The molecule has 1 aliphatic carbocycles. The fourth-order valence-electron chi connectivity index (χ4n) is 3.40. The number of thiophene rings is 1. The fraction of sp³-hybridized carbons (Fsp3) is 0.450. The second-order valence-corrected chi connectivity index (χ2v) is 8.81. The molecule has 26 heavy (non-hydrogen) atoms. The van der Waals surface area contributed by atoms with Crippen LogP contribution in [0, 0.1) is 11.3 Å². The van der Waals surface area contributed by atoms with Crippen LogP contribution in [0.3, 0.4) is 0 Å². The third-order valence-electron chi connectivity index (χ3n) is 5.03. The van der Waals surface area contributed by atoms with E-state index >= 15 is 0 Å². The van der Waals surface area contributed by atoms with Gasteiger partial charge in [-0.3, -0.25) is 9.78 Å². The minimum atomic E-state index is -0.391. The molecule has 2 aromatic heterocycles. The first kappa shape index (κ1) is 18.6. The molecule has 1 amide bonds. The normalized spacial score (nSPS) is 16.7. The highest BCUT2D eigenvalue weighted by atomic mass is 32.1. The number of carbonyl (C=O) groups is 2. The number of nitrogens with one attached hydrogen (secondary N) is 1. The highest BCUT2D eigenvalue weighted by Gasteiger charge is 2.34. The fourth-order valence-corrected chi connectivity index (χ4v) is 4.71. The van der Waals surface area contributed by atoms with Crippen molar-refractivity contribution in [3.05, 3.63) is 46.1 Å². The van der Waals surface area contributed by atoms with Gasteiger partial charge in [-0.15, -0.1) is 11.3 Å². The van der Waals surface area contributed by atoms with Crippen LogP contribution in [0.15, 0.2) is 24.5 Å². The predicted octanol–water partition coefficient (Wildman–Crippen LogP) is 4.33. The number of fused-ring (bicyclic) bond motifs is 1. The van der Waals surface area contributed by atoms with Crippen LogP contribution in [0.25, 0.3) is 0 Å². The summed E-state index contributed by atoms with van der Waals surface area (Å²) in [6, 6.07) is 3.41. The van der Waals surface area contributed by atoms with Crippen LogP contribution in [-0.4, -0.2) is 24.0 Å². The minimum absolute atomic E-state index is 0.215. The van der Waals surface area contributed by atoms with E-state index in [0.717, 1.165) is 24.8 Å². The van der Waals surface area contributed by atoms with E-state index in [2.05, 4.69) is 31.1 Å². The average Bonchev–Trinajstić information content (AvgIpc) is 2.98. The van der Waals surface area contributed by atoms with Gasteiger partial charge in [0, 0.05) is 17.3 Å². The van der Waals surface area contributed by atoms with Gasteiger partial charge in [-0.1, -0.05) is 20.8 Å². The maximum absolute atomic E-state index is 12.5. The minimum Gasteiger partial charge on any atom is -0.465 e. The van der Waals surface area contributed by atoms with Gasteiger partial charge >= 0.3 is 5.97 Å². The second-order valence-electron chi connectivity index (χ2n) is 7.70. The SMILES string of the molecule is COC(=O)c1c(NC(=O)c2cccnc2)sc2c1CC[C@H](C(C)(C)C)C2. The maximum Gasteiger partial charge on any atom is 0.341 e. The van der Waals surface area contributed by atoms with E-state index in [1.165, 1.54) is 29.5 Å². The molecule has 1 atom stereocenters. The van der Waals surface area contributed by atoms with Crippen molar-refractivity contribution in [3.8, 4) is 0 Å². The van der Waals surface area contributed by atoms with Crippen molar-refractivity contribution in [1.82, 2.24) is 4.98 Å². The van der Waals surface area contributed by atoms with Crippen LogP contribution in [0.1, 0.15) is 58.3 Å². The Labute approximate surface area is 157 Å². The Morgan fingerprint density at radius 1 is 1.35 bits per heavy atom. The van der Waals surface area contributed by atoms with Gasteiger partial charge in [0.2, 0.25) is 0 Å². The molecule has 0 unspecified atom stereocenters. The lowest BCUT2D eigenvalue weighted by molar-refractivity contribution is 0.0600. The van der Waals surface area contributed by atoms with E-state index in [1.807, 2.05) is 0 Å². The second kappa shape index (κ2) is 7.19. The summed E-state index contributed by atoms with van der Waals surface area (Å²) >= 11 is 1.50. The highest BCUT2D eigenvalue weighted by molar-refractivity contribution is 7.17. The maximum atomic E-state index is 12.5. The molecule has 0 fully saturated rings. The number of esters is 1. The van der Waals surface area contributed by atoms with Crippen molar-refractivity contribution >= 4 is 28.2 Å². The zero-order chi connectivity index (χ0) is 18.9. The molecule has 138 valence electrons. The number of methoxy groups -OCH3 is 1. The monoisotopic (exact) mass is 372 g/mol. The summed E-state index contributed by atoms with van der Waals surface area (Å²) in [5.41, 5.74) is 2.22. The highest BCUT2D eigenvalue weighted by Crippen LogP contribution is 2.44. The van der Waals surface area contributed by atoms with E-state index in [1.54, 1.807) is 18.3 Å². The first-order valence-corrected chi connectivity index (χ1v) is 9.57. The van der Waals surface area contributed by atoms with Gasteiger partial charge in [0.1, 0.15) is 5.00 Å². The first-order valence-electron chi connectivity index (χ1n) is 8.75. The summed E-state index contributed by atoms with van der Waals surface area (Å²) in [5.74, 6) is -0.103. The topological polar surface area (TPSA) is 68.3 Å². The van der Waals surface area contributed by atoms with Gasteiger partial charge in [-0.2, -0.15) is 0 Å². The molecule has 0 saturated carbocycles. The van der Waals surface area contributed by atoms with Gasteiger partial charge in [0.15, 0.2) is 0 Å². The average molecular weight is 372 g/mol. The largest absolute Gasteiger partial charge is 0.465 e. The van der Waals surface area contributed by atoms with Crippen LogP contribution < -0.4 is 5.32 Å². The molecule has 1 aliphatic rings. The molecule has 2 aromatic rings. The van der Waals surface area contributed by atoms with Crippen molar-refractivity contribution in [2.45, 2.75) is 40.0 Å². The predicted molar refractivity (Wildman–Crippen MR) is 103 cm³/mol. The number of amides is 1. The Kier molecular flexibility index (Phi) is 5.14. The Balaban J connectivity index is 1.94. The number of carbonyl (C=O) groups excluding carboxylic acids is 2. The van der Waals surface area contributed by atoms with Crippen molar-refractivity contribution < 1.29 is 14.3 Å². The van der Waals surface area contributed by atoms with E-state index in [-0.39, 0.29) is 11.3 Å². The lowest BCUT2D eigenvalue weighted by Gasteiger charge is -2.33. The number of rotatable bonds is 3. The van der Waals surface area contributed by atoms with Crippen molar-refractivity contribution in [2.75, 3.05) is 12.4 Å². The van der Waals surface area contributed by atoms with Gasteiger partial charge in [-0.05, 0) is 48.3 Å². The van der Waals surface area contributed by atoms with Gasteiger partial charge < -0.3 is 10.1 Å². The molecule has 0 bridgehead atoms. The molecule has 0 radical (unpaired) electrons. The lowest BCUT2D eigenvalue weighted by Crippen LogP contribution is -2.26. The first-order chi connectivity index (χ1) is 12.3. The quantitative estimate of drug-likeness (QED) is 0.814. The molecule has 3 rings (SSSR count). The number of pyridine rings is 1. The molecular formula is C20H24N2O3S. The van der Waals surface area contributed by atoms with Crippen LogP contribution in [0.2, 0.25) is 0 Å². The molecule has 0 aromatic carbocycles. The summed E-state index contributed by atoms with van der Waals surface area (Å²) in [6.07, 6.45) is 5.92. The number of ether oxygens (including phenoxy) is 1. The zero-order valence-corrected chi connectivity index (χ0v) is 16.4. The van der Waals surface area contributed by atoms with Crippen molar-refractivity contribution in [2.24, 2.45) is 11.3 Å². The van der Waals surface area contributed by atoms with Gasteiger partial charge in [0.05, 0.1) is 18.2 Å². The van der Waals surface area contributed by atoms with E-state index in [9.17, 15) is 9.59 Å². The molecule has 2 heterocycles. The third kappa shape index (κ3) is 3.65. The van der Waals surface area contributed by atoms with Crippen LogP contribution in [0.5, 0.6) is 0 Å². The molecule has 0 saturated heterocycles. The summed E-state index contributed by atoms with van der Waals surface area (Å²) < 4.78 is 4.99. The Bertz CT molecular complexity index is 822. The molecular weight excluding hydrogens is 348 g/mol. The van der Waals surface area contributed by atoms with Crippen molar-refractivity contribution in [1.29, 1.82) is 0 Å². The summed E-state index contributed by atoms with van der Waals surface area (Å²) in [4.78, 5) is 30.1. The summed E-state index contributed by atoms with van der Waals surface area (Å²) in [7, 11) is 1.37. The van der Waals surface area contributed by atoms with Crippen LogP contribution >= 0.6 is 11.3 Å². The van der Waals surface area contributed by atoms with Crippen LogP contribution in [0.4, 0.5) is 5.00 Å². The van der Waals surface area contributed by atoms with Crippen molar-refractivity contribution in [3.63, 3.8) is 0 Å². The Morgan fingerprint density at radius 3 is 2.73 bits per heavy atom. The summed E-state index contributed by atoms with van der Waals surface area (Å²) in [5, 5.41) is 3.47.